The summed E-state index contributed by atoms with van der Waals surface area (Å²) in [6, 6.07) is 9.11. The lowest BCUT2D eigenvalue weighted by Gasteiger charge is -2.11. The summed E-state index contributed by atoms with van der Waals surface area (Å²) in [6.45, 7) is 6.28. The second-order valence-corrected chi connectivity index (χ2v) is 9.30. The number of nitrogens with one attached hydrogen (secondary N) is 2. The minimum atomic E-state index is -3.30. The molecule has 0 spiro atoms. The van der Waals surface area contributed by atoms with E-state index in [1.807, 2.05) is 43.5 Å². The van der Waals surface area contributed by atoms with Gasteiger partial charge in [0.1, 0.15) is 0 Å². The summed E-state index contributed by atoms with van der Waals surface area (Å²) in [7, 11) is -1.90. The topological polar surface area (TPSA) is 105 Å². The van der Waals surface area contributed by atoms with Crippen LogP contribution in [0.2, 0.25) is 0 Å². The Bertz CT molecular complexity index is 1170. The maximum Gasteiger partial charge on any atom is 0.220 e. The normalized spacial score (nSPS) is 11.7. The van der Waals surface area contributed by atoms with Crippen molar-refractivity contribution in [1.82, 2.24) is 24.6 Å². The summed E-state index contributed by atoms with van der Waals surface area (Å²) in [5, 5.41) is 7.38. The first-order valence-corrected chi connectivity index (χ1v) is 11.4. The minimum absolute atomic E-state index is 0.0487. The van der Waals surface area contributed by atoms with Crippen molar-refractivity contribution in [2.45, 2.75) is 45.9 Å². The SMILES string of the molecule is CNS(=O)(=O)Cc1ccc(CNC(=O)CCc2c(C)nc3cc(C)nn3c2C)cc1. The van der Waals surface area contributed by atoms with Crippen LogP contribution in [0.5, 0.6) is 0 Å². The zero-order chi connectivity index (χ0) is 21.9. The van der Waals surface area contributed by atoms with E-state index in [1.54, 1.807) is 12.1 Å². The van der Waals surface area contributed by atoms with Crippen LogP contribution in [-0.2, 0) is 33.5 Å². The summed E-state index contributed by atoms with van der Waals surface area (Å²) in [5.74, 6) is -0.115. The predicted octanol–water partition coefficient (Wildman–Crippen LogP) is 1.95. The Morgan fingerprint density at radius 3 is 2.43 bits per heavy atom. The minimum Gasteiger partial charge on any atom is -0.352 e. The Morgan fingerprint density at radius 2 is 1.77 bits per heavy atom. The molecule has 9 heteroatoms. The lowest BCUT2D eigenvalue weighted by Crippen LogP contribution is -2.23. The molecule has 0 fully saturated rings. The molecule has 2 heterocycles. The van der Waals surface area contributed by atoms with Crippen LogP contribution >= 0.6 is 0 Å². The van der Waals surface area contributed by atoms with Crippen LogP contribution in [0.25, 0.3) is 5.65 Å². The van der Waals surface area contributed by atoms with Gasteiger partial charge >= 0.3 is 0 Å². The molecule has 0 atom stereocenters. The lowest BCUT2D eigenvalue weighted by atomic mass is 10.1. The van der Waals surface area contributed by atoms with Gasteiger partial charge < -0.3 is 5.32 Å². The summed E-state index contributed by atoms with van der Waals surface area (Å²) in [4.78, 5) is 16.9. The molecule has 0 radical (unpaired) electrons. The van der Waals surface area contributed by atoms with Crippen molar-refractivity contribution in [2.24, 2.45) is 0 Å². The Kier molecular flexibility index (Phi) is 6.52. The number of rotatable bonds is 8. The molecule has 30 heavy (non-hydrogen) atoms. The highest BCUT2D eigenvalue weighted by molar-refractivity contribution is 7.88. The molecule has 0 aliphatic carbocycles. The fourth-order valence-electron chi connectivity index (χ4n) is 3.38. The van der Waals surface area contributed by atoms with Gasteiger partial charge in [-0.05, 0) is 50.9 Å². The van der Waals surface area contributed by atoms with E-state index in [0.29, 0.717) is 24.9 Å². The molecule has 0 aliphatic rings. The van der Waals surface area contributed by atoms with E-state index in [9.17, 15) is 13.2 Å². The smallest absolute Gasteiger partial charge is 0.220 e. The molecular weight excluding hydrogens is 402 g/mol. The van der Waals surface area contributed by atoms with Crippen LogP contribution in [-0.4, -0.2) is 36.0 Å². The number of aryl methyl sites for hydroxylation is 3. The number of nitrogens with zero attached hydrogens (tertiary/aromatic N) is 3. The van der Waals surface area contributed by atoms with Gasteiger partial charge in [-0.1, -0.05) is 24.3 Å². The summed E-state index contributed by atoms with van der Waals surface area (Å²) in [5.41, 5.74) is 6.30. The number of fused-ring (bicyclic) bond motifs is 1. The third-order valence-corrected chi connectivity index (χ3v) is 6.40. The molecule has 2 aromatic heterocycles. The molecule has 1 amide bonds. The molecule has 0 bridgehead atoms. The fraction of sp³-hybridized carbons (Fsp3) is 0.381. The highest BCUT2D eigenvalue weighted by atomic mass is 32.2. The average molecular weight is 430 g/mol. The molecular formula is C21H27N5O3S. The van der Waals surface area contributed by atoms with E-state index in [1.165, 1.54) is 7.05 Å². The Morgan fingerprint density at radius 1 is 1.10 bits per heavy atom. The number of aromatic nitrogens is 3. The standard InChI is InChI=1S/C21H27N5O3S/c1-14-11-20-24-15(2)19(16(3)26(20)25-14)9-10-21(27)23-12-17-5-7-18(8-6-17)13-30(28,29)22-4/h5-8,11,22H,9-10,12-13H2,1-4H3,(H,23,27). The van der Waals surface area contributed by atoms with Gasteiger partial charge in [0.15, 0.2) is 5.65 Å². The van der Waals surface area contributed by atoms with Gasteiger partial charge in [0, 0.05) is 30.4 Å². The lowest BCUT2D eigenvalue weighted by molar-refractivity contribution is -0.121. The van der Waals surface area contributed by atoms with E-state index in [0.717, 1.165) is 33.9 Å². The largest absolute Gasteiger partial charge is 0.352 e. The van der Waals surface area contributed by atoms with Gasteiger partial charge in [0.2, 0.25) is 15.9 Å². The van der Waals surface area contributed by atoms with Crippen LogP contribution in [0.3, 0.4) is 0 Å². The number of carbonyl (C=O) groups excluding carboxylic acids is 1. The maximum atomic E-state index is 12.3. The van der Waals surface area contributed by atoms with E-state index in [2.05, 4.69) is 20.1 Å². The molecule has 8 nitrogen and oxygen atoms in total. The zero-order valence-electron chi connectivity index (χ0n) is 17.7. The van der Waals surface area contributed by atoms with Crippen molar-refractivity contribution in [3.05, 3.63) is 64.1 Å². The number of amides is 1. The third kappa shape index (κ3) is 5.22. The van der Waals surface area contributed by atoms with Crippen LogP contribution in [0.15, 0.2) is 30.3 Å². The monoisotopic (exact) mass is 429 g/mol. The van der Waals surface area contributed by atoms with Gasteiger partial charge in [-0.2, -0.15) is 5.10 Å². The number of carbonyl (C=O) groups is 1. The molecule has 3 rings (SSSR count). The number of benzene rings is 1. The Hall–Kier alpha value is -2.78. The highest BCUT2D eigenvalue weighted by Gasteiger charge is 2.13. The molecule has 0 saturated carbocycles. The van der Waals surface area contributed by atoms with Gasteiger partial charge in [0.25, 0.3) is 0 Å². The van der Waals surface area contributed by atoms with Crippen LogP contribution in [0.1, 0.15) is 40.2 Å². The maximum absolute atomic E-state index is 12.3. The van der Waals surface area contributed by atoms with Gasteiger partial charge in [-0.15, -0.1) is 0 Å². The van der Waals surface area contributed by atoms with Crippen molar-refractivity contribution < 1.29 is 13.2 Å². The van der Waals surface area contributed by atoms with Crippen molar-refractivity contribution in [2.75, 3.05) is 7.05 Å². The van der Waals surface area contributed by atoms with E-state index < -0.39 is 10.0 Å². The summed E-state index contributed by atoms with van der Waals surface area (Å²) in [6.07, 6.45) is 0.944. The highest BCUT2D eigenvalue weighted by Crippen LogP contribution is 2.17. The fourth-order valence-corrected chi connectivity index (χ4v) is 4.15. The first kappa shape index (κ1) is 21.9. The molecule has 160 valence electrons. The van der Waals surface area contributed by atoms with Crippen molar-refractivity contribution in [3.8, 4) is 0 Å². The van der Waals surface area contributed by atoms with Crippen molar-refractivity contribution in [3.63, 3.8) is 0 Å². The summed E-state index contributed by atoms with van der Waals surface area (Å²) >= 11 is 0. The second kappa shape index (κ2) is 8.93. The van der Waals surface area contributed by atoms with Crippen LogP contribution < -0.4 is 10.0 Å². The Balaban J connectivity index is 1.56. The molecule has 1 aromatic carbocycles. The van der Waals surface area contributed by atoms with Gasteiger partial charge in [-0.3, -0.25) is 4.79 Å². The zero-order valence-corrected chi connectivity index (χ0v) is 18.5. The third-order valence-electron chi connectivity index (χ3n) is 5.07. The average Bonchev–Trinajstić information content (AvgIpc) is 3.07. The van der Waals surface area contributed by atoms with Crippen LogP contribution in [0, 0.1) is 20.8 Å². The van der Waals surface area contributed by atoms with Crippen LogP contribution in [0.4, 0.5) is 0 Å². The number of hydrogen-bond acceptors (Lipinski definition) is 5. The first-order valence-electron chi connectivity index (χ1n) is 9.76. The van der Waals surface area contributed by atoms with Gasteiger partial charge in [0.05, 0.1) is 11.4 Å². The molecule has 2 N–H and O–H groups in total. The van der Waals surface area contributed by atoms with Crippen molar-refractivity contribution >= 4 is 21.6 Å². The van der Waals surface area contributed by atoms with E-state index >= 15 is 0 Å². The molecule has 0 saturated heterocycles. The molecule has 0 unspecified atom stereocenters. The van der Waals surface area contributed by atoms with E-state index in [4.69, 9.17) is 0 Å². The van der Waals surface area contributed by atoms with Gasteiger partial charge in [-0.25, -0.2) is 22.6 Å². The molecule has 3 aromatic rings. The quantitative estimate of drug-likeness (QED) is 0.569. The second-order valence-electron chi connectivity index (χ2n) is 7.37. The predicted molar refractivity (Wildman–Crippen MR) is 115 cm³/mol. The number of sulfonamides is 1. The number of hydrogen-bond donors (Lipinski definition) is 2. The van der Waals surface area contributed by atoms with Crippen molar-refractivity contribution in [1.29, 1.82) is 0 Å². The Labute approximate surface area is 176 Å². The first-order chi connectivity index (χ1) is 14.2. The van der Waals surface area contributed by atoms with E-state index in [-0.39, 0.29) is 11.7 Å². The molecule has 0 aliphatic heterocycles. The summed E-state index contributed by atoms with van der Waals surface area (Å²) < 4.78 is 27.3.